The van der Waals surface area contributed by atoms with E-state index in [9.17, 15) is 9.59 Å². The molecule has 0 aliphatic rings. The number of hydrogen-bond acceptors (Lipinski definition) is 6. The summed E-state index contributed by atoms with van der Waals surface area (Å²) in [7, 11) is 0. The maximum atomic E-state index is 12.1. The topological polar surface area (TPSA) is 128 Å². The molecule has 9 heteroatoms. The number of carboxylic acids is 1. The summed E-state index contributed by atoms with van der Waals surface area (Å²) in [5.41, 5.74) is 11.7. The predicted molar refractivity (Wildman–Crippen MR) is 128 cm³/mol. The number of aromatic nitrogens is 5. The van der Waals surface area contributed by atoms with Gasteiger partial charge in [0.2, 0.25) is 0 Å². The molecule has 0 saturated heterocycles. The van der Waals surface area contributed by atoms with Gasteiger partial charge in [0.1, 0.15) is 12.4 Å². The molecule has 0 amide bonds. The van der Waals surface area contributed by atoms with Gasteiger partial charge in [0.15, 0.2) is 5.65 Å². The van der Waals surface area contributed by atoms with Crippen LogP contribution in [0, 0.1) is 6.92 Å². The van der Waals surface area contributed by atoms with E-state index in [2.05, 4.69) is 10.1 Å². The summed E-state index contributed by atoms with van der Waals surface area (Å²) >= 11 is 0. The normalized spacial score (nSPS) is 11.1. The summed E-state index contributed by atoms with van der Waals surface area (Å²) in [6.45, 7) is 1.36. The monoisotopic (exact) mass is 452 g/mol. The maximum absolute atomic E-state index is 12.1. The van der Waals surface area contributed by atoms with Crippen molar-refractivity contribution in [2.75, 3.05) is 5.73 Å². The first-order valence-corrected chi connectivity index (χ1v) is 10.5. The lowest BCUT2D eigenvalue weighted by Crippen LogP contribution is -2.22. The van der Waals surface area contributed by atoms with Gasteiger partial charge in [-0.1, -0.05) is 36.4 Å². The Morgan fingerprint density at radius 3 is 2.47 bits per heavy atom. The molecule has 0 aliphatic heterocycles. The lowest BCUT2D eigenvalue weighted by atomic mass is 10.1. The average molecular weight is 452 g/mol. The molecule has 0 unspecified atom stereocenters. The van der Waals surface area contributed by atoms with Crippen LogP contribution in [0.2, 0.25) is 0 Å². The Morgan fingerprint density at radius 2 is 1.76 bits per heavy atom. The van der Waals surface area contributed by atoms with Crippen molar-refractivity contribution in [2.45, 2.75) is 13.5 Å². The molecule has 0 atom stereocenters. The number of anilines is 1. The molecule has 4 aromatic heterocycles. The van der Waals surface area contributed by atoms with Crippen LogP contribution >= 0.6 is 0 Å². The largest absolute Gasteiger partial charge is 0.480 e. The summed E-state index contributed by atoms with van der Waals surface area (Å²) in [4.78, 5) is 32.6. The van der Waals surface area contributed by atoms with E-state index in [1.165, 1.54) is 12.3 Å². The molecular weight excluding hydrogens is 432 g/mol. The van der Waals surface area contributed by atoms with Gasteiger partial charge in [0.25, 0.3) is 5.56 Å². The molecule has 0 saturated carbocycles. The van der Waals surface area contributed by atoms with Crippen molar-refractivity contribution in [2.24, 2.45) is 0 Å². The SMILES string of the molecule is Cc1c(-c2ccc(=O)n(CC(=O)O)c2)nc2c(-c3ccc(-c4ccccc4)nc3)cnn2c1N. The number of rotatable bonds is 5. The van der Waals surface area contributed by atoms with Crippen molar-refractivity contribution < 1.29 is 9.90 Å². The van der Waals surface area contributed by atoms with E-state index in [0.717, 1.165) is 27.0 Å². The van der Waals surface area contributed by atoms with Crippen LogP contribution in [0.3, 0.4) is 0 Å². The van der Waals surface area contributed by atoms with Crippen molar-refractivity contribution in [3.8, 4) is 33.6 Å². The van der Waals surface area contributed by atoms with Crippen molar-refractivity contribution in [3.63, 3.8) is 0 Å². The Hall–Kier alpha value is -4.79. The molecule has 9 nitrogen and oxygen atoms in total. The number of nitrogens with zero attached hydrogens (tertiary/aromatic N) is 5. The van der Waals surface area contributed by atoms with Crippen molar-refractivity contribution in [3.05, 3.63) is 89.1 Å². The molecule has 0 radical (unpaired) electrons. The zero-order valence-corrected chi connectivity index (χ0v) is 18.2. The number of carbonyl (C=O) groups is 1. The van der Waals surface area contributed by atoms with Gasteiger partial charge >= 0.3 is 5.97 Å². The fourth-order valence-electron chi connectivity index (χ4n) is 3.85. The van der Waals surface area contributed by atoms with Crippen LogP contribution < -0.4 is 11.3 Å². The second-order valence-electron chi connectivity index (χ2n) is 7.84. The molecule has 3 N–H and O–H groups in total. The number of nitrogen functional groups attached to an aromatic ring is 1. The molecule has 0 fully saturated rings. The molecule has 5 rings (SSSR count). The van der Waals surface area contributed by atoms with Gasteiger partial charge in [-0.15, -0.1) is 0 Å². The molecule has 1 aromatic carbocycles. The van der Waals surface area contributed by atoms with Crippen LogP contribution in [-0.2, 0) is 11.3 Å². The number of fused-ring (bicyclic) bond motifs is 1. The molecule has 34 heavy (non-hydrogen) atoms. The zero-order chi connectivity index (χ0) is 23.8. The summed E-state index contributed by atoms with van der Waals surface area (Å²) in [6, 6.07) is 16.7. The van der Waals surface area contributed by atoms with E-state index in [-0.39, 0.29) is 0 Å². The maximum Gasteiger partial charge on any atom is 0.323 e. The molecule has 0 bridgehead atoms. The Bertz CT molecular complexity index is 1590. The minimum absolute atomic E-state index is 0.399. The fraction of sp³-hybridized carbons (Fsp3) is 0.0800. The van der Waals surface area contributed by atoms with Gasteiger partial charge in [0, 0.05) is 46.3 Å². The van der Waals surface area contributed by atoms with Crippen molar-refractivity contribution in [1.82, 2.24) is 24.1 Å². The highest BCUT2D eigenvalue weighted by atomic mass is 16.4. The van der Waals surface area contributed by atoms with Crippen LogP contribution in [0.25, 0.3) is 39.3 Å². The van der Waals surface area contributed by atoms with Crippen LogP contribution in [-0.4, -0.2) is 35.2 Å². The van der Waals surface area contributed by atoms with Crippen molar-refractivity contribution in [1.29, 1.82) is 0 Å². The smallest absolute Gasteiger partial charge is 0.323 e. The van der Waals surface area contributed by atoms with E-state index < -0.39 is 18.1 Å². The first kappa shape index (κ1) is 21.1. The predicted octanol–water partition coefficient (Wildman–Crippen LogP) is 3.26. The molecular formula is C25H20N6O3. The molecule has 168 valence electrons. The third-order valence-electron chi connectivity index (χ3n) is 5.64. The first-order chi connectivity index (χ1) is 16.4. The standard InChI is InChI=1S/C25H20N6O3/c1-15-23(18-8-10-21(32)30(13-18)14-22(33)34)29-25-19(12-28-31(25)24(15)26)17-7-9-20(27-11-17)16-5-3-2-4-6-16/h2-13H,14,26H2,1H3,(H,33,34). The van der Waals surface area contributed by atoms with Gasteiger partial charge in [0.05, 0.1) is 17.6 Å². The second-order valence-corrected chi connectivity index (χ2v) is 7.84. The van der Waals surface area contributed by atoms with E-state index in [1.807, 2.05) is 42.5 Å². The van der Waals surface area contributed by atoms with E-state index in [4.69, 9.17) is 15.8 Å². The Morgan fingerprint density at radius 1 is 1.00 bits per heavy atom. The van der Waals surface area contributed by atoms with Gasteiger partial charge in [-0.05, 0) is 19.1 Å². The highest BCUT2D eigenvalue weighted by Crippen LogP contribution is 2.31. The van der Waals surface area contributed by atoms with Gasteiger partial charge < -0.3 is 15.4 Å². The van der Waals surface area contributed by atoms with Gasteiger partial charge in [-0.3, -0.25) is 14.6 Å². The highest BCUT2D eigenvalue weighted by Gasteiger charge is 2.17. The molecule has 5 aromatic rings. The quantitative estimate of drug-likeness (QED) is 0.419. The Labute approximate surface area is 193 Å². The van der Waals surface area contributed by atoms with Crippen LogP contribution in [0.4, 0.5) is 5.82 Å². The van der Waals surface area contributed by atoms with E-state index >= 15 is 0 Å². The van der Waals surface area contributed by atoms with Gasteiger partial charge in [-0.2, -0.15) is 9.61 Å². The summed E-state index contributed by atoms with van der Waals surface area (Å²) in [6.07, 6.45) is 4.93. The third-order valence-corrected chi connectivity index (χ3v) is 5.64. The number of nitrogens with two attached hydrogens (primary N) is 1. The number of carboxylic acid groups (broad SMARTS) is 1. The van der Waals surface area contributed by atoms with Crippen LogP contribution in [0.5, 0.6) is 0 Å². The van der Waals surface area contributed by atoms with E-state index in [1.54, 1.807) is 29.9 Å². The number of hydrogen-bond donors (Lipinski definition) is 2. The second kappa shape index (κ2) is 8.28. The van der Waals surface area contributed by atoms with Crippen LogP contribution in [0.15, 0.2) is 78.0 Å². The highest BCUT2D eigenvalue weighted by molar-refractivity contribution is 5.81. The van der Waals surface area contributed by atoms with Gasteiger partial charge in [-0.25, -0.2) is 4.98 Å². The molecule has 0 aliphatic carbocycles. The lowest BCUT2D eigenvalue weighted by Gasteiger charge is -2.12. The average Bonchev–Trinajstić information content (AvgIpc) is 3.27. The summed E-state index contributed by atoms with van der Waals surface area (Å²) < 4.78 is 2.69. The number of benzene rings is 1. The minimum atomic E-state index is -1.11. The summed E-state index contributed by atoms with van der Waals surface area (Å²) in [5.74, 6) is -0.709. The minimum Gasteiger partial charge on any atom is -0.480 e. The molecule has 0 spiro atoms. The van der Waals surface area contributed by atoms with E-state index in [0.29, 0.717) is 28.3 Å². The van der Waals surface area contributed by atoms with Crippen LogP contribution in [0.1, 0.15) is 5.56 Å². The fourth-order valence-corrected chi connectivity index (χ4v) is 3.85. The third kappa shape index (κ3) is 3.69. The Kier molecular flexibility index (Phi) is 5.14. The first-order valence-electron chi connectivity index (χ1n) is 10.5. The Balaban J connectivity index is 1.62. The molecule has 4 heterocycles. The van der Waals surface area contributed by atoms with Crippen molar-refractivity contribution >= 4 is 17.4 Å². The zero-order valence-electron chi connectivity index (χ0n) is 18.2. The lowest BCUT2D eigenvalue weighted by molar-refractivity contribution is -0.137. The number of aliphatic carboxylic acids is 1. The number of pyridine rings is 2. The summed E-state index contributed by atoms with van der Waals surface area (Å²) in [5, 5.41) is 13.5.